The van der Waals surface area contributed by atoms with E-state index in [0.717, 1.165) is 9.75 Å². The Morgan fingerprint density at radius 3 is 2.43 bits per heavy atom. The molecule has 0 bridgehead atoms. The van der Waals surface area contributed by atoms with Crippen LogP contribution in [0.1, 0.15) is 4.88 Å². The molecule has 0 N–H and O–H groups in total. The van der Waals surface area contributed by atoms with Crippen molar-refractivity contribution in [3.8, 4) is 15.8 Å². The third kappa shape index (κ3) is 1.54. The van der Waals surface area contributed by atoms with E-state index in [2.05, 4.69) is 10.9 Å². The predicted octanol–water partition coefficient (Wildman–Crippen LogP) is 3.90. The van der Waals surface area contributed by atoms with Gasteiger partial charge in [0.2, 0.25) is 5.00 Å². The molecule has 14 heavy (non-hydrogen) atoms. The summed E-state index contributed by atoms with van der Waals surface area (Å²) in [6, 6.07) is 9.55. The molecular weight excluding hydrogens is 212 g/mol. The van der Waals surface area contributed by atoms with Crippen LogP contribution >= 0.6 is 22.7 Å². The van der Waals surface area contributed by atoms with Crippen molar-refractivity contribution in [1.82, 2.24) is 0 Å². The SMILES string of the molecule is [C-]#[N+]c1ccc(-c2ccc(C#N)s2)s1. The Morgan fingerprint density at radius 1 is 1.14 bits per heavy atom. The predicted molar refractivity (Wildman–Crippen MR) is 58.6 cm³/mol. The van der Waals surface area contributed by atoms with Gasteiger partial charge >= 0.3 is 0 Å². The van der Waals surface area contributed by atoms with Gasteiger partial charge in [-0.1, -0.05) is 6.07 Å². The van der Waals surface area contributed by atoms with Crippen molar-refractivity contribution >= 4 is 27.7 Å². The van der Waals surface area contributed by atoms with Crippen LogP contribution in [-0.4, -0.2) is 0 Å². The summed E-state index contributed by atoms with van der Waals surface area (Å²) in [6.45, 7) is 6.85. The fourth-order valence-electron chi connectivity index (χ4n) is 1.05. The van der Waals surface area contributed by atoms with Crippen molar-refractivity contribution in [2.45, 2.75) is 0 Å². The lowest BCUT2D eigenvalue weighted by Gasteiger charge is -1.86. The number of thiophene rings is 2. The molecule has 0 aliphatic heterocycles. The number of hydrogen-bond donors (Lipinski definition) is 0. The Labute approximate surface area is 89.5 Å². The maximum Gasteiger partial charge on any atom is 0.241 e. The van der Waals surface area contributed by atoms with Gasteiger partial charge in [0.05, 0.1) is 6.57 Å². The molecule has 0 radical (unpaired) electrons. The summed E-state index contributed by atoms with van der Waals surface area (Å²) in [5.74, 6) is 0. The lowest BCUT2D eigenvalue weighted by molar-refractivity contribution is 1.52. The van der Waals surface area contributed by atoms with Gasteiger partial charge in [-0.2, -0.15) is 16.6 Å². The zero-order valence-electron chi connectivity index (χ0n) is 7.02. The first-order valence-corrected chi connectivity index (χ1v) is 5.44. The van der Waals surface area contributed by atoms with Crippen molar-refractivity contribution in [3.63, 3.8) is 0 Å². The van der Waals surface area contributed by atoms with E-state index in [9.17, 15) is 0 Å². The summed E-state index contributed by atoms with van der Waals surface area (Å²) in [5.41, 5.74) is 0. The Hall–Kier alpha value is -1.62. The molecule has 2 aromatic rings. The first kappa shape index (κ1) is 8.96. The number of hydrogen-bond acceptors (Lipinski definition) is 3. The summed E-state index contributed by atoms with van der Waals surface area (Å²) in [7, 11) is 0. The molecule has 0 aromatic carbocycles. The average molecular weight is 216 g/mol. The molecule has 0 atom stereocenters. The van der Waals surface area contributed by atoms with Gasteiger partial charge in [-0.15, -0.1) is 11.3 Å². The third-order valence-corrected chi connectivity index (χ3v) is 3.83. The number of nitrogens with zero attached hydrogens (tertiary/aromatic N) is 2. The molecule has 0 amide bonds. The van der Waals surface area contributed by atoms with Gasteiger partial charge in [0.25, 0.3) is 0 Å². The van der Waals surface area contributed by atoms with Crippen molar-refractivity contribution in [2.75, 3.05) is 0 Å². The minimum absolute atomic E-state index is 0.687. The molecular formula is C10H4N2S2. The maximum absolute atomic E-state index is 8.66. The van der Waals surface area contributed by atoms with Crippen LogP contribution in [0.5, 0.6) is 0 Å². The molecule has 0 fully saturated rings. The Morgan fingerprint density at radius 2 is 1.86 bits per heavy atom. The summed E-state index contributed by atoms with van der Waals surface area (Å²) in [5, 5.41) is 9.35. The highest BCUT2D eigenvalue weighted by Crippen LogP contribution is 2.36. The first-order chi connectivity index (χ1) is 6.83. The topological polar surface area (TPSA) is 28.1 Å². The van der Waals surface area contributed by atoms with Gasteiger partial charge < -0.3 is 0 Å². The van der Waals surface area contributed by atoms with Gasteiger partial charge in [-0.05, 0) is 18.2 Å². The van der Waals surface area contributed by atoms with E-state index >= 15 is 0 Å². The molecule has 0 spiro atoms. The van der Waals surface area contributed by atoms with E-state index in [1.807, 2.05) is 12.1 Å². The lowest BCUT2D eigenvalue weighted by atomic mass is 10.4. The smallest absolute Gasteiger partial charge is 0.227 e. The third-order valence-electron chi connectivity index (χ3n) is 1.66. The lowest BCUT2D eigenvalue weighted by Crippen LogP contribution is -1.56. The van der Waals surface area contributed by atoms with E-state index in [-0.39, 0.29) is 0 Å². The highest BCUT2D eigenvalue weighted by molar-refractivity contribution is 7.24. The van der Waals surface area contributed by atoms with Gasteiger partial charge in [-0.25, -0.2) is 4.85 Å². The van der Waals surface area contributed by atoms with Crippen LogP contribution < -0.4 is 0 Å². The van der Waals surface area contributed by atoms with Crippen molar-refractivity contribution < 1.29 is 0 Å². The van der Waals surface area contributed by atoms with Crippen LogP contribution in [0.15, 0.2) is 24.3 Å². The number of nitriles is 1. The van der Waals surface area contributed by atoms with Crippen LogP contribution in [0, 0.1) is 17.9 Å². The monoisotopic (exact) mass is 216 g/mol. The molecule has 4 heteroatoms. The average Bonchev–Trinajstić information content (AvgIpc) is 2.86. The summed E-state index contributed by atoms with van der Waals surface area (Å²) in [4.78, 5) is 6.17. The Bertz CT molecular complexity index is 487. The second-order valence-corrected chi connectivity index (χ2v) is 4.67. The minimum atomic E-state index is 0.687. The fourth-order valence-corrected chi connectivity index (χ4v) is 2.74. The van der Waals surface area contributed by atoms with E-state index in [4.69, 9.17) is 11.8 Å². The fraction of sp³-hybridized carbons (Fsp3) is 0. The Balaban J connectivity index is 2.41. The molecule has 0 aliphatic rings. The van der Waals surface area contributed by atoms with Gasteiger partial charge in [0.15, 0.2) is 0 Å². The molecule has 0 saturated carbocycles. The molecule has 66 valence electrons. The largest absolute Gasteiger partial charge is 0.241 e. The van der Waals surface area contributed by atoms with E-state index < -0.39 is 0 Å². The zero-order chi connectivity index (χ0) is 9.97. The van der Waals surface area contributed by atoms with Crippen LogP contribution in [-0.2, 0) is 0 Å². The van der Waals surface area contributed by atoms with Crippen LogP contribution in [0.2, 0.25) is 0 Å². The summed E-state index contributed by atoms with van der Waals surface area (Å²) < 4.78 is 0. The molecule has 2 aromatic heterocycles. The maximum atomic E-state index is 8.66. The molecule has 2 nitrogen and oxygen atoms in total. The van der Waals surface area contributed by atoms with Crippen molar-refractivity contribution in [3.05, 3.63) is 40.6 Å². The second kappa shape index (κ2) is 3.63. The van der Waals surface area contributed by atoms with Crippen molar-refractivity contribution in [1.29, 1.82) is 5.26 Å². The zero-order valence-corrected chi connectivity index (χ0v) is 8.65. The molecule has 2 heterocycles. The normalized spacial score (nSPS) is 9.29. The standard InChI is InChI=1S/C10H4N2S2/c1-12-10-5-4-9(14-10)8-3-2-7(6-11)13-8/h2-5H. The highest BCUT2D eigenvalue weighted by atomic mass is 32.1. The van der Waals surface area contributed by atoms with Gasteiger partial charge in [0, 0.05) is 9.75 Å². The van der Waals surface area contributed by atoms with E-state index in [0.29, 0.717) is 9.88 Å². The molecule has 0 aliphatic carbocycles. The Kier molecular flexibility index (Phi) is 2.32. The summed E-state index contributed by atoms with van der Waals surface area (Å²) in [6.07, 6.45) is 0. The van der Waals surface area contributed by atoms with E-state index in [1.54, 1.807) is 12.1 Å². The van der Waals surface area contributed by atoms with Crippen LogP contribution in [0.4, 0.5) is 5.00 Å². The van der Waals surface area contributed by atoms with Crippen LogP contribution in [0.3, 0.4) is 0 Å². The molecule has 2 rings (SSSR count). The van der Waals surface area contributed by atoms with Crippen LogP contribution in [0.25, 0.3) is 14.6 Å². The minimum Gasteiger partial charge on any atom is -0.227 e. The highest BCUT2D eigenvalue weighted by Gasteiger charge is 2.05. The molecule has 0 unspecified atom stereocenters. The van der Waals surface area contributed by atoms with E-state index in [1.165, 1.54) is 22.7 Å². The second-order valence-electron chi connectivity index (χ2n) is 2.53. The molecule has 0 saturated heterocycles. The summed E-state index contributed by atoms with van der Waals surface area (Å²) >= 11 is 2.91. The quantitative estimate of drug-likeness (QED) is 0.664. The first-order valence-electron chi connectivity index (χ1n) is 3.81. The number of rotatable bonds is 1. The van der Waals surface area contributed by atoms with Gasteiger partial charge in [-0.3, -0.25) is 0 Å². The van der Waals surface area contributed by atoms with Gasteiger partial charge in [0.1, 0.15) is 10.9 Å². The van der Waals surface area contributed by atoms with Crippen molar-refractivity contribution in [2.24, 2.45) is 0 Å².